The standard InChI is InChI=1S/C7H10O3/c1-4-5-2-7(8)10-6(5)3-9-4/h4-6H,2-3H2,1H3/t4?,5?,6-/m1/s1. The predicted molar refractivity (Wildman–Crippen MR) is 33.4 cm³/mol. The second kappa shape index (κ2) is 1.95. The summed E-state index contributed by atoms with van der Waals surface area (Å²) < 4.78 is 10.3. The lowest BCUT2D eigenvalue weighted by Crippen LogP contribution is -2.16. The predicted octanol–water partition coefficient (Wildman–Crippen LogP) is 0.337. The van der Waals surface area contributed by atoms with E-state index in [0.29, 0.717) is 18.9 Å². The molecule has 3 heteroatoms. The molecule has 0 bridgehead atoms. The van der Waals surface area contributed by atoms with Crippen LogP contribution in [0, 0.1) is 5.92 Å². The molecule has 0 N–H and O–H groups in total. The summed E-state index contributed by atoms with van der Waals surface area (Å²) in [6, 6.07) is 0. The van der Waals surface area contributed by atoms with Crippen LogP contribution in [-0.2, 0) is 14.3 Å². The first-order valence-electron chi connectivity index (χ1n) is 3.58. The van der Waals surface area contributed by atoms with Gasteiger partial charge in [0.1, 0.15) is 6.10 Å². The molecule has 0 spiro atoms. The van der Waals surface area contributed by atoms with Gasteiger partial charge in [0.15, 0.2) is 0 Å². The Morgan fingerprint density at radius 2 is 2.40 bits per heavy atom. The lowest BCUT2D eigenvalue weighted by molar-refractivity contribution is -0.142. The number of rotatable bonds is 0. The van der Waals surface area contributed by atoms with E-state index in [4.69, 9.17) is 9.47 Å². The van der Waals surface area contributed by atoms with Crippen molar-refractivity contribution >= 4 is 5.97 Å². The van der Waals surface area contributed by atoms with Crippen LogP contribution in [0.4, 0.5) is 0 Å². The normalized spacial score (nSPS) is 45.3. The number of hydrogen-bond donors (Lipinski definition) is 0. The van der Waals surface area contributed by atoms with Crippen LogP contribution in [0.15, 0.2) is 0 Å². The van der Waals surface area contributed by atoms with E-state index < -0.39 is 0 Å². The Kier molecular flexibility index (Phi) is 1.20. The van der Waals surface area contributed by atoms with Gasteiger partial charge in [0.25, 0.3) is 0 Å². The topological polar surface area (TPSA) is 35.5 Å². The zero-order valence-electron chi connectivity index (χ0n) is 5.87. The summed E-state index contributed by atoms with van der Waals surface area (Å²) in [5, 5.41) is 0. The molecule has 2 aliphatic heterocycles. The molecule has 2 aliphatic rings. The quantitative estimate of drug-likeness (QED) is 0.457. The van der Waals surface area contributed by atoms with E-state index >= 15 is 0 Å². The van der Waals surface area contributed by atoms with Crippen molar-refractivity contribution in [3.05, 3.63) is 0 Å². The third-order valence-electron chi connectivity index (χ3n) is 2.29. The first-order chi connectivity index (χ1) is 4.77. The second-order valence-electron chi connectivity index (χ2n) is 2.93. The first kappa shape index (κ1) is 6.16. The number of hydrogen-bond acceptors (Lipinski definition) is 3. The maximum absolute atomic E-state index is 10.7. The SMILES string of the molecule is CC1OC[C@H]2OC(=O)CC12. The van der Waals surface area contributed by atoms with Crippen molar-refractivity contribution in [3.8, 4) is 0 Å². The zero-order chi connectivity index (χ0) is 7.14. The second-order valence-corrected chi connectivity index (χ2v) is 2.93. The van der Waals surface area contributed by atoms with Gasteiger partial charge in [-0.3, -0.25) is 4.79 Å². The largest absolute Gasteiger partial charge is 0.459 e. The van der Waals surface area contributed by atoms with Crippen molar-refractivity contribution < 1.29 is 14.3 Å². The summed E-state index contributed by atoms with van der Waals surface area (Å²) in [5.41, 5.74) is 0. The zero-order valence-corrected chi connectivity index (χ0v) is 5.87. The van der Waals surface area contributed by atoms with E-state index in [1.54, 1.807) is 0 Å². The maximum Gasteiger partial charge on any atom is 0.306 e. The van der Waals surface area contributed by atoms with Crippen LogP contribution < -0.4 is 0 Å². The van der Waals surface area contributed by atoms with Crippen molar-refractivity contribution in [3.63, 3.8) is 0 Å². The number of ether oxygens (including phenoxy) is 2. The fourth-order valence-corrected chi connectivity index (χ4v) is 1.62. The smallest absolute Gasteiger partial charge is 0.306 e. The Morgan fingerprint density at radius 3 is 3.10 bits per heavy atom. The number of fused-ring (bicyclic) bond motifs is 1. The number of carbonyl (C=O) groups is 1. The Morgan fingerprint density at radius 1 is 1.60 bits per heavy atom. The molecule has 2 saturated heterocycles. The van der Waals surface area contributed by atoms with Crippen molar-refractivity contribution in [1.29, 1.82) is 0 Å². The summed E-state index contributed by atoms with van der Waals surface area (Å²) in [4.78, 5) is 10.7. The summed E-state index contributed by atoms with van der Waals surface area (Å²) in [6.45, 7) is 2.59. The van der Waals surface area contributed by atoms with E-state index in [1.165, 1.54) is 0 Å². The van der Waals surface area contributed by atoms with E-state index in [9.17, 15) is 4.79 Å². The molecular weight excluding hydrogens is 132 g/mol. The minimum atomic E-state index is -0.0647. The summed E-state index contributed by atoms with van der Waals surface area (Å²) >= 11 is 0. The van der Waals surface area contributed by atoms with Gasteiger partial charge in [-0.2, -0.15) is 0 Å². The fraction of sp³-hybridized carbons (Fsp3) is 0.857. The van der Waals surface area contributed by atoms with Gasteiger partial charge in [-0.05, 0) is 6.92 Å². The highest BCUT2D eigenvalue weighted by atomic mass is 16.6. The molecule has 0 radical (unpaired) electrons. The molecule has 0 aromatic heterocycles. The fourth-order valence-electron chi connectivity index (χ4n) is 1.62. The van der Waals surface area contributed by atoms with Crippen molar-refractivity contribution in [2.24, 2.45) is 5.92 Å². The molecule has 3 atom stereocenters. The van der Waals surface area contributed by atoms with E-state index in [0.717, 1.165) is 0 Å². The molecular formula is C7H10O3. The molecule has 2 rings (SSSR count). The van der Waals surface area contributed by atoms with Crippen LogP contribution in [-0.4, -0.2) is 24.8 Å². The van der Waals surface area contributed by atoms with Crippen molar-refractivity contribution in [1.82, 2.24) is 0 Å². The summed E-state index contributed by atoms with van der Waals surface area (Å²) in [5.74, 6) is 0.262. The monoisotopic (exact) mass is 142 g/mol. The van der Waals surface area contributed by atoms with Crippen molar-refractivity contribution in [2.45, 2.75) is 25.6 Å². The number of carbonyl (C=O) groups excluding carboxylic acids is 1. The van der Waals surface area contributed by atoms with Gasteiger partial charge >= 0.3 is 5.97 Å². The van der Waals surface area contributed by atoms with Gasteiger partial charge in [0.05, 0.1) is 19.1 Å². The van der Waals surface area contributed by atoms with Crippen molar-refractivity contribution in [2.75, 3.05) is 6.61 Å². The van der Waals surface area contributed by atoms with Gasteiger partial charge in [-0.15, -0.1) is 0 Å². The molecule has 2 heterocycles. The minimum Gasteiger partial charge on any atom is -0.459 e. The molecule has 10 heavy (non-hydrogen) atoms. The van der Waals surface area contributed by atoms with Gasteiger partial charge < -0.3 is 9.47 Å². The average Bonchev–Trinajstić information content (AvgIpc) is 2.35. The average molecular weight is 142 g/mol. The van der Waals surface area contributed by atoms with Gasteiger partial charge in [-0.25, -0.2) is 0 Å². The lowest BCUT2D eigenvalue weighted by atomic mass is 9.99. The van der Waals surface area contributed by atoms with E-state index in [1.807, 2.05) is 6.92 Å². The number of esters is 1. The van der Waals surface area contributed by atoms with E-state index in [-0.39, 0.29) is 18.2 Å². The summed E-state index contributed by atoms with van der Waals surface area (Å²) in [6.07, 6.45) is 0.810. The van der Waals surface area contributed by atoms with Crippen LogP contribution in [0.2, 0.25) is 0 Å². The highest BCUT2D eigenvalue weighted by Gasteiger charge is 2.43. The third-order valence-corrected chi connectivity index (χ3v) is 2.29. The molecule has 3 nitrogen and oxygen atoms in total. The minimum absolute atomic E-state index is 0.0579. The lowest BCUT2D eigenvalue weighted by Gasteiger charge is -2.06. The Hall–Kier alpha value is -0.570. The Labute approximate surface area is 59.3 Å². The molecule has 0 aromatic carbocycles. The molecule has 0 amide bonds. The third kappa shape index (κ3) is 0.736. The van der Waals surface area contributed by atoms with Gasteiger partial charge in [-0.1, -0.05) is 0 Å². The Balaban J connectivity index is 2.12. The highest BCUT2D eigenvalue weighted by molar-refractivity contribution is 5.72. The molecule has 0 aliphatic carbocycles. The molecule has 0 aromatic rings. The van der Waals surface area contributed by atoms with E-state index in [2.05, 4.69) is 0 Å². The van der Waals surface area contributed by atoms with Crippen LogP contribution in [0.3, 0.4) is 0 Å². The highest BCUT2D eigenvalue weighted by Crippen LogP contribution is 2.32. The molecule has 56 valence electrons. The maximum atomic E-state index is 10.7. The Bertz CT molecular complexity index is 166. The first-order valence-corrected chi connectivity index (χ1v) is 3.58. The van der Waals surface area contributed by atoms with Crippen LogP contribution in [0.1, 0.15) is 13.3 Å². The molecule has 0 saturated carbocycles. The van der Waals surface area contributed by atoms with Gasteiger partial charge in [0, 0.05) is 5.92 Å². The molecule has 2 fully saturated rings. The van der Waals surface area contributed by atoms with Gasteiger partial charge in [0.2, 0.25) is 0 Å². The van der Waals surface area contributed by atoms with Crippen LogP contribution in [0.5, 0.6) is 0 Å². The summed E-state index contributed by atoms with van der Waals surface area (Å²) in [7, 11) is 0. The van der Waals surface area contributed by atoms with Crippen LogP contribution in [0.25, 0.3) is 0 Å². The van der Waals surface area contributed by atoms with Crippen LogP contribution >= 0.6 is 0 Å². The molecule has 2 unspecified atom stereocenters.